The Morgan fingerprint density at radius 2 is 2.21 bits per heavy atom. The summed E-state index contributed by atoms with van der Waals surface area (Å²) >= 11 is 0. The number of hydrogen-bond donors (Lipinski definition) is 3. The van der Waals surface area contributed by atoms with Crippen LogP contribution in [0.5, 0.6) is 0 Å². The summed E-state index contributed by atoms with van der Waals surface area (Å²) < 4.78 is 0. The zero-order valence-corrected chi connectivity index (χ0v) is 10.8. The molecule has 0 aliphatic heterocycles. The number of anilines is 1. The third kappa shape index (κ3) is 3.14. The average molecular weight is 260 g/mol. The summed E-state index contributed by atoms with van der Waals surface area (Å²) in [5.41, 5.74) is 6.39. The molecule has 0 unspecified atom stereocenters. The number of aromatic amines is 1. The molecule has 2 heterocycles. The van der Waals surface area contributed by atoms with Crippen LogP contribution >= 0.6 is 0 Å². The van der Waals surface area contributed by atoms with Crippen LogP contribution < -0.4 is 11.1 Å². The second kappa shape index (κ2) is 5.57. The molecule has 1 atom stereocenters. The molecule has 0 bridgehead atoms. The molecule has 2 rings (SSSR count). The topological polar surface area (TPSA) is 110 Å². The number of nitrogens with zero attached hydrogens (tertiary/aromatic N) is 3. The van der Waals surface area contributed by atoms with Gasteiger partial charge in [-0.1, -0.05) is 19.9 Å². The highest BCUT2D eigenvalue weighted by Crippen LogP contribution is 2.12. The summed E-state index contributed by atoms with van der Waals surface area (Å²) in [4.78, 5) is 20.0. The Bertz CT molecular complexity index is 550. The van der Waals surface area contributed by atoms with E-state index in [1.54, 1.807) is 12.3 Å². The van der Waals surface area contributed by atoms with Crippen LogP contribution in [0.2, 0.25) is 0 Å². The number of hydrogen-bond acceptors (Lipinski definition) is 5. The van der Waals surface area contributed by atoms with Crippen LogP contribution in [0.25, 0.3) is 11.5 Å². The van der Waals surface area contributed by atoms with Gasteiger partial charge in [0.1, 0.15) is 5.69 Å². The summed E-state index contributed by atoms with van der Waals surface area (Å²) in [6.07, 6.45) is 1.66. The van der Waals surface area contributed by atoms with E-state index in [-0.39, 0.29) is 17.8 Å². The van der Waals surface area contributed by atoms with Crippen LogP contribution in [-0.2, 0) is 4.79 Å². The number of carbonyl (C=O) groups excluding carboxylic acids is 1. The lowest BCUT2D eigenvalue weighted by molar-refractivity contribution is -0.118. The van der Waals surface area contributed by atoms with Gasteiger partial charge in [0.05, 0.1) is 6.04 Å². The molecule has 0 aromatic carbocycles. The van der Waals surface area contributed by atoms with Crippen LogP contribution in [-0.4, -0.2) is 32.1 Å². The van der Waals surface area contributed by atoms with E-state index >= 15 is 0 Å². The molecule has 0 spiro atoms. The van der Waals surface area contributed by atoms with Crippen molar-refractivity contribution in [3.05, 3.63) is 24.4 Å². The minimum Gasteiger partial charge on any atom is -0.320 e. The average Bonchev–Trinajstić information content (AvgIpc) is 2.87. The van der Waals surface area contributed by atoms with Gasteiger partial charge >= 0.3 is 0 Å². The van der Waals surface area contributed by atoms with Crippen molar-refractivity contribution in [2.45, 2.75) is 19.9 Å². The monoisotopic (exact) mass is 260 g/mol. The first-order valence-corrected chi connectivity index (χ1v) is 5.98. The van der Waals surface area contributed by atoms with Crippen molar-refractivity contribution in [3.63, 3.8) is 0 Å². The van der Waals surface area contributed by atoms with Crippen LogP contribution in [0.1, 0.15) is 13.8 Å². The van der Waals surface area contributed by atoms with Gasteiger partial charge in [-0.2, -0.15) is 4.98 Å². The molecule has 7 heteroatoms. The molecule has 7 nitrogen and oxygen atoms in total. The Kier molecular flexibility index (Phi) is 3.86. The first-order valence-electron chi connectivity index (χ1n) is 5.98. The number of carbonyl (C=O) groups is 1. The molecule has 0 fully saturated rings. The molecular weight excluding hydrogens is 244 g/mol. The maximum Gasteiger partial charge on any atom is 0.249 e. The van der Waals surface area contributed by atoms with Crippen LogP contribution in [0, 0.1) is 5.92 Å². The molecular formula is C12H16N6O. The number of H-pyrrole nitrogens is 1. The predicted molar refractivity (Wildman–Crippen MR) is 71.1 cm³/mol. The molecule has 2 aromatic heterocycles. The lowest BCUT2D eigenvalue weighted by Gasteiger charge is -2.13. The van der Waals surface area contributed by atoms with Crippen molar-refractivity contribution < 1.29 is 4.79 Å². The molecule has 19 heavy (non-hydrogen) atoms. The van der Waals surface area contributed by atoms with Crippen molar-refractivity contribution in [2.24, 2.45) is 11.7 Å². The standard InChI is InChI=1S/C12H16N6O/c1-7(2)9(13)11(19)16-12-15-10(17-18-12)8-5-3-4-6-14-8/h3-7,9H,13H2,1-2H3,(H2,15,16,17,18,19)/t9-/m0/s1. The van der Waals surface area contributed by atoms with Gasteiger partial charge in [0, 0.05) is 6.20 Å². The van der Waals surface area contributed by atoms with Gasteiger partial charge in [-0.3, -0.25) is 20.2 Å². The minimum atomic E-state index is -0.586. The van der Waals surface area contributed by atoms with Gasteiger partial charge in [-0.25, -0.2) is 0 Å². The van der Waals surface area contributed by atoms with E-state index in [9.17, 15) is 4.79 Å². The van der Waals surface area contributed by atoms with Crippen LogP contribution in [0.4, 0.5) is 5.95 Å². The minimum absolute atomic E-state index is 0.0502. The van der Waals surface area contributed by atoms with Crippen molar-refractivity contribution in [1.29, 1.82) is 0 Å². The maximum atomic E-state index is 11.8. The highest BCUT2D eigenvalue weighted by atomic mass is 16.2. The van der Waals surface area contributed by atoms with E-state index in [0.717, 1.165) is 0 Å². The number of pyridine rings is 1. The number of aromatic nitrogens is 4. The van der Waals surface area contributed by atoms with Gasteiger partial charge < -0.3 is 5.73 Å². The molecule has 0 aliphatic carbocycles. The second-order valence-corrected chi connectivity index (χ2v) is 4.48. The summed E-state index contributed by atoms with van der Waals surface area (Å²) in [6, 6.07) is 4.87. The Morgan fingerprint density at radius 1 is 1.42 bits per heavy atom. The second-order valence-electron chi connectivity index (χ2n) is 4.48. The highest BCUT2D eigenvalue weighted by Gasteiger charge is 2.19. The van der Waals surface area contributed by atoms with Crippen molar-refractivity contribution in [2.75, 3.05) is 5.32 Å². The van der Waals surface area contributed by atoms with E-state index in [1.807, 2.05) is 26.0 Å². The molecule has 0 saturated carbocycles. The van der Waals surface area contributed by atoms with Gasteiger partial charge in [0.15, 0.2) is 5.82 Å². The molecule has 0 radical (unpaired) electrons. The quantitative estimate of drug-likeness (QED) is 0.752. The summed E-state index contributed by atoms with van der Waals surface area (Å²) in [7, 11) is 0. The van der Waals surface area contributed by atoms with E-state index < -0.39 is 6.04 Å². The number of amides is 1. The molecule has 0 saturated heterocycles. The van der Waals surface area contributed by atoms with Gasteiger partial charge in [0.2, 0.25) is 11.9 Å². The Balaban J connectivity index is 2.08. The Hall–Kier alpha value is -2.28. The van der Waals surface area contributed by atoms with E-state index in [1.165, 1.54) is 0 Å². The lowest BCUT2D eigenvalue weighted by atomic mass is 10.1. The third-order valence-corrected chi connectivity index (χ3v) is 2.65. The van der Waals surface area contributed by atoms with Crippen molar-refractivity contribution in [3.8, 4) is 11.5 Å². The van der Waals surface area contributed by atoms with Crippen LogP contribution in [0.15, 0.2) is 24.4 Å². The summed E-state index contributed by atoms with van der Waals surface area (Å²) in [5, 5.41) is 9.20. The maximum absolute atomic E-state index is 11.8. The zero-order valence-electron chi connectivity index (χ0n) is 10.8. The Morgan fingerprint density at radius 3 is 2.84 bits per heavy atom. The number of rotatable bonds is 4. The van der Waals surface area contributed by atoms with E-state index in [4.69, 9.17) is 5.73 Å². The third-order valence-electron chi connectivity index (χ3n) is 2.65. The normalized spacial score (nSPS) is 12.4. The van der Waals surface area contributed by atoms with Gasteiger partial charge in [0.25, 0.3) is 0 Å². The van der Waals surface area contributed by atoms with Crippen molar-refractivity contribution >= 4 is 11.9 Å². The Labute approximate surface area is 110 Å². The number of nitrogens with one attached hydrogen (secondary N) is 2. The molecule has 2 aromatic rings. The zero-order chi connectivity index (χ0) is 13.8. The highest BCUT2D eigenvalue weighted by molar-refractivity contribution is 5.93. The fourth-order valence-corrected chi connectivity index (χ4v) is 1.43. The smallest absolute Gasteiger partial charge is 0.249 e. The summed E-state index contributed by atoms with van der Waals surface area (Å²) in [5.74, 6) is 0.437. The van der Waals surface area contributed by atoms with E-state index in [2.05, 4.69) is 25.5 Å². The SMILES string of the molecule is CC(C)[C@H](N)C(=O)Nc1n[nH]c(-c2ccccn2)n1. The fraction of sp³-hybridized carbons (Fsp3) is 0.333. The largest absolute Gasteiger partial charge is 0.320 e. The van der Waals surface area contributed by atoms with E-state index in [0.29, 0.717) is 11.5 Å². The van der Waals surface area contributed by atoms with Crippen molar-refractivity contribution in [1.82, 2.24) is 20.2 Å². The van der Waals surface area contributed by atoms with Gasteiger partial charge in [-0.15, -0.1) is 5.10 Å². The van der Waals surface area contributed by atoms with Gasteiger partial charge in [-0.05, 0) is 18.1 Å². The van der Waals surface area contributed by atoms with Crippen LogP contribution in [0.3, 0.4) is 0 Å². The first-order chi connectivity index (χ1) is 9.08. The molecule has 0 aliphatic rings. The number of nitrogens with two attached hydrogens (primary N) is 1. The first kappa shape index (κ1) is 13.2. The summed E-state index contributed by atoms with van der Waals surface area (Å²) in [6.45, 7) is 3.75. The molecule has 100 valence electrons. The fourth-order valence-electron chi connectivity index (χ4n) is 1.43. The molecule has 1 amide bonds. The molecule has 4 N–H and O–H groups in total. The predicted octanol–water partition coefficient (Wildman–Crippen LogP) is 0.788. The lowest BCUT2D eigenvalue weighted by Crippen LogP contribution is -2.40.